The van der Waals surface area contributed by atoms with Crippen LogP contribution in [0.25, 0.3) is 0 Å². The fourth-order valence-electron chi connectivity index (χ4n) is 2.49. The van der Waals surface area contributed by atoms with Crippen LogP contribution in [0.15, 0.2) is 0 Å². The van der Waals surface area contributed by atoms with E-state index >= 15 is 0 Å². The predicted octanol–water partition coefficient (Wildman–Crippen LogP) is 2.32. The van der Waals surface area contributed by atoms with Gasteiger partial charge in [-0.25, -0.2) is 0 Å². The molecule has 0 heterocycles. The van der Waals surface area contributed by atoms with E-state index in [2.05, 4.69) is 19.2 Å². The van der Waals surface area contributed by atoms with E-state index in [9.17, 15) is 5.11 Å². The zero-order valence-electron chi connectivity index (χ0n) is 9.63. The lowest BCUT2D eigenvalue weighted by molar-refractivity contribution is 0.197. The van der Waals surface area contributed by atoms with Crippen LogP contribution in [0.3, 0.4) is 0 Å². The first-order valence-electron chi connectivity index (χ1n) is 6.09. The van der Waals surface area contributed by atoms with Gasteiger partial charge in [-0.05, 0) is 12.3 Å². The molecule has 1 saturated carbocycles. The highest BCUT2D eigenvalue weighted by Crippen LogP contribution is 2.27. The van der Waals surface area contributed by atoms with Gasteiger partial charge < -0.3 is 10.4 Å². The molecular formula is C12H25NO. The smallest absolute Gasteiger partial charge is 0.0584 e. The Bertz CT molecular complexity index is 141. The maximum absolute atomic E-state index is 9.24. The van der Waals surface area contributed by atoms with Crippen LogP contribution in [0, 0.1) is 5.92 Å². The molecule has 1 fully saturated rings. The minimum absolute atomic E-state index is 0.286. The molecule has 0 radical (unpaired) electrons. The predicted molar refractivity (Wildman–Crippen MR) is 60.3 cm³/mol. The molecule has 1 aliphatic carbocycles. The van der Waals surface area contributed by atoms with E-state index in [0.717, 1.165) is 12.3 Å². The van der Waals surface area contributed by atoms with E-state index < -0.39 is 0 Å². The second-order valence-corrected chi connectivity index (χ2v) is 4.94. The van der Waals surface area contributed by atoms with E-state index in [0.29, 0.717) is 12.1 Å². The van der Waals surface area contributed by atoms with Crippen LogP contribution in [0.1, 0.15) is 52.4 Å². The number of aliphatic hydroxyl groups is 1. The molecule has 0 aromatic rings. The molecule has 1 atom stereocenters. The first kappa shape index (κ1) is 12.0. The van der Waals surface area contributed by atoms with E-state index in [-0.39, 0.29) is 6.61 Å². The number of nitrogens with one attached hydrogen (secondary N) is 1. The molecule has 84 valence electrons. The summed E-state index contributed by atoms with van der Waals surface area (Å²) in [5, 5.41) is 12.7. The number of rotatable bonds is 5. The zero-order chi connectivity index (χ0) is 10.4. The summed E-state index contributed by atoms with van der Waals surface area (Å²) in [6, 6.07) is 0.800. The lowest BCUT2D eigenvalue weighted by Gasteiger charge is -2.27. The van der Waals surface area contributed by atoms with Crippen LogP contribution in [0.2, 0.25) is 0 Å². The molecule has 1 rings (SSSR count). The molecular weight excluding hydrogens is 174 g/mol. The van der Waals surface area contributed by atoms with Crippen molar-refractivity contribution in [1.82, 2.24) is 5.32 Å². The third kappa shape index (κ3) is 4.43. The van der Waals surface area contributed by atoms with Crippen molar-refractivity contribution >= 4 is 0 Å². The molecule has 0 bridgehead atoms. The van der Waals surface area contributed by atoms with Gasteiger partial charge in [-0.2, -0.15) is 0 Å². The summed E-state index contributed by atoms with van der Waals surface area (Å²) in [5.74, 6) is 0.854. The number of aliphatic hydroxyl groups excluding tert-OH is 1. The minimum Gasteiger partial charge on any atom is -0.395 e. The first-order chi connectivity index (χ1) is 6.72. The maximum atomic E-state index is 9.24. The Morgan fingerprint density at radius 1 is 1.21 bits per heavy atom. The van der Waals surface area contributed by atoms with Gasteiger partial charge in [0.2, 0.25) is 0 Å². The lowest BCUT2D eigenvalue weighted by atomic mass is 9.85. The summed E-state index contributed by atoms with van der Waals surface area (Å²) in [6.07, 6.45) is 8.11. The van der Waals surface area contributed by atoms with Crippen LogP contribution in [-0.4, -0.2) is 23.8 Å². The van der Waals surface area contributed by atoms with Gasteiger partial charge in [0.05, 0.1) is 6.61 Å². The monoisotopic (exact) mass is 199 g/mol. The van der Waals surface area contributed by atoms with Crippen LogP contribution in [0.5, 0.6) is 0 Å². The summed E-state index contributed by atoms with van der Waals surface area (Å²) >= 11 is 0. The SMILES string of the molecule is CC(C)N[C@@H](CO)CC1CCCCC1. The zero-order valence-corrected chi connectivity index (χ0v) is 9.63. The topological polar surface area (TPSA) is 32.3 Å². The standard InChI is InChI=1S/C12H25NO/c1-10(2)13-12(9-14)8-11-6-4-3-5-7-11/h10-14H,3-9H2,1-2H3/t12-/m1/s1. The van der Waals surface area contributed by atoms with Crippen molar-refractivity contribution in [2.45, 2.75) is 64.5 Å². The molecule has 14 heavy (non-hydrogen) atoms. The normalized spacial score (nSPS) is 21.4. The molecule has 0 aromatic heterocycles. The van der Waals surface area contributed by atoms with Gasteiger partial charge in [0.25, 0.3) is 0 Å². The fraction of sp³-hybridized carbons (Fsp3) is 1.00. The van der Waals surface area contributed by atoms with Crippen molar-refractivity contribution in [2.24, 2.45) is 5.92 Å². The van der Waals surface area contributed by atoms with Gasteiger partial charge in [0.15, 0.2) is 0 Å². The number of hydrogen-bond donors (Lipinski definition) is 2. The largest absolute Gasteiger partial charge is 0.395 e. The Hall–Kier alpha value is -0.0800. The summed E-state index contributed by atoms with van der Waals surface area (Å²) < 4.78 is 0. The quantitative estimate of drug-likeness (QED) is 0.712. The Balaban J connectivity index is 2.23. The van der Waals surface area contributed by atoms with Gasteiger partial charge in [0.1, 0.15) is 0 Å². The summed E-state index contributed by atoms with van der Waals surface area (Å²) in [6.45, 7) is 4.57. The van der Waals surface area contributed by atoms with E-state index in [4.69, 9.17) is 0 Å². The Labute approximate surface area is 88.1 Å². The molecule has 0 saturated heterocycles. The van der Waals surface area contributed by atoms with Gasteiger partial charge >= 0.3 is 0 Å². The first-order valence-corrected chi connectivity index (χ1v) is 6.09. The molecule has 2 N–H and O–H groups in total. The van der Waals surface area contributed by atoms with Gasteiger partial charge in [-0.15, -0.1) is 0 Å². The highest BCUT2D eigenvalue weighted by Gasteiger charge is 2.18. The highest BCUT2D eigenvalue weighted by molar-refractivity contribution is 4.75. The lowest BCUT2D eigenvalue weighted by Crippen LogP contribution is -2.39. The van der Waals surface area contributed by atoms with Crippen LogP contribution < -0.4 is 5.32 Å². The second kappa shape index (κ2) is 6.41. The van der Waals surface area contributed by atoms with Crippen molar-refractivity contribution in [1.29, 1.82) is 0 Å². The van der Waals surface area contributed by atoms with Gasteiger partial charge in [0, 0.05) is 12.1 Å². The van der Waals surface area contributed by atoms with Crippen molar-refractivity contribution < 1.29 is 5.11 Å². The minimum atomic E-state index is 0.286. The molecule has 0 amide bonds. The third-order valence-electron chi connectivity index (χ3n) is 3.13. The molecule has 0 spiro atoms. The van der Waals surface area contributed by atoms with Gasteiger partial charge in [-0.1, -0.05) is 46.0 Å². The van der Waals surface area contributed by atoms with Crippen LogP contribution in [-0.2, 0) is 0 Å². The van der Waals surface area contributed by atoms with Crippen molar-refractivity contribution in [3.8, 4) is 0 Å². The molecule has 0 aromatic carbocycles. The second-order valence-electron chi connectivity index (χ2n) is 4.94. The maximum Gasteiger partial charge on any atom is 0.0584 e. The summed E-state index contributed by atoms with van der Waals surface area (Å²) in [7, 11) is 0. The molecule has 0 aliphatic heterocycles. The van der Waals surface area contributed by atoms with E-state index in [1.807, 2.05) is 0 Å². The fourth-order valence-corrected chi connectivity index (χ4v) is 2.49. The summed E-state index contributed by atoms with van der Waals surface area (Å²) in [4.78, 5) is 0. The van der Waals surface area contributed by atoms with Gasteiger partial charge in [-0.3, -0.25) is 0 Å². The van der Waals surface area contributed by atoms with E-state index in [1.54, 1.807) is 0 Å². The average Bonchev–Trinajstić information content (AvgIpc) is 2.17. The molecule has 0 unspecified atom stereocenters. The molecule has 2 nitrogen and oxygen atoms in total. The van der Waals surface area contributed by atoms with Crippen molar-refractivity contribution in [2.75, 3.05) is 6.61 Å². The Morgan fingerprint density at radius 3 is 2.36 bits per heavy atom. The molecule has 1 aliphatic rings. The number of hydrogen-bond acceptors (Lipinski definition) is 2. The van der Waals surface area contributed by atoms with Crippen molar-refractivity contribution in [3.05, 3.63) is 0 Å². The average molecular weight is 199 g/mol. The third-order valence-corrected chi connectivity index (χ3v) is 3.13. The van der Waals surface area contributed by atoms with Crippen molar-refractivity contribution in [3.63, 3.8) is 0 Å². The van der Waals surface area contributed by atoms with E-state index in [1.165, 1.54) is 32.1 Å². The summed E-state index contributed by atoms with van der Waals surface area (Å²) in [5.41, 5.74) is 0. The Kier molecular flexibility index (Phi) is 5.49. The Morgan fingerprint density at radius 2 is 1.86 bits per heavy atom. The highest BCUT2D eigenvalue weighted by atomic mass is 16.3. The van der Waals surface area contributed by atoms with Crippen LogP contribution in [0.4, 0.5) is 0 Å². The molecule has 2 heteroatoms. The van der Waals surface area contributed by atoms with Crippen LogP contribution >= 0.6 is 0 Å².